The number of amides is 2. The van der Waals surface area contributed by atoms with Crippen molar-refractivity contribution in [2.75, 3.05) is 19.6 Å². The lowest BCUT2D eigenvalue weighted by Crippen LogP contribution is -2.51. The normalized spacial score (nSPS) is 18.5. The molecule has 0 bridgehead atoms. The van der Waals surface area contributed by atoms with E-state index in [0.717, 1.165) is 38.9 Å². The molecule has 0 radical (unpaired) electrons. The van der Waals surface area contributed by atoms with Gasteiger partial charge >= 0.3 is 12.0 Å². The fourth-order valence-electron chi connectivity index (χ4n) is 2.65. The van der Waals surface area contributed by atoms with Crippen LogP contribution in [0.4, 0.5) is 4.79 Å². The molecule has 122 valence electrons. The maximum Gasteiger partial charge on any atom is 0.315 e. The lowest BCUT2D eigenvalue weighted by molar-refractivity contribution is -0.137. The Morgan fingerprint density at radius 3 is 2.38 bits per heavy atom. The van der Waals surface area contributed by atoms with Crippen molar-refractivity contribution in [3.63, 3.8) is 0 Å². The maximum atomic E-state index is 12.0. The molecule has 1 heterocycles. The Hall–Kier alpha value is -1.30. The van der Waals surface area contributed by atoms with Crippen molar-refractivity contribution in [1.82, 2.24) is 15.5 Å². The first kappa shape index (κ1) is 17.8. The molecule has 1 aliphatic heterocycles. The first-order chi connectivity index (χ1) is 9.92. The summed E-state index contributed by atoms with van der Waals surface area (Å²) in [6.45, 7) is 9.15. The first-order valence-corrected chi connectivity index (χ1v) is 7.93. The molecule has 0 spiro atoms. The standard InChI is InChI=1S/C15H29N3O3/c1-4-7-18-8-5-12(6-9-18)16-15(21)17-13(11(2)3)10-14(19)20/h11-13H,4-10H2,1-3H3,(H,19,20)(H2,16,17,21). The highest BCUT2D eigenvalue weighted by Gasteiger charge is 2.23. The second kappa shape index (κ2) is 8.87. The van der Waals surface area contributed by atoms with Crippen LogP contribution >= 0.6 is 0 Å². The fraction of sp³-hybridized carbons (Fsp3) is 0.867. The number of carbonyl (C=O) groups is 2. The molecule has 0 saturated carbocycles. The predicted molar refractivity (Wildman–Crippen MR) is 82.3 cm³/mol. The third-order valence-electron chi connectivity index (χ3n) is 3.98. The van der Waals surface area contributed by atoms with E-state index in [1.54, 1.807) is 0 Å². The van der Waals surface area contributed by atoms with Gasteiger partial charge in [0, 0.05) is 25.2 Å². The van der Waals surface area contributed by atoms with Gasteiger partial charge in [-0.1, -0.05) is 20.8 Å². The van der Waals surface area contributed by atoms with Gasteiger partial charge in [0.25, 0.3) is 0 Å². The zero-order valence-electron chi connectivity index (χ0n) is 13.4. The molecule has 1 aliphatic rings. The van der Waals surface area contributed by atoms with Gasteiger partial charge in [0.2, 0.25) is 0 Å². The number of likely N-dealkylation sites (tertiary alicyclic amines) is 1. The van der Waals surface area contributed by atoms with E-state index in [0.29, 0.717) is 0 Å². The molecule has 21 heavy (non-hydrogen) atoms. The number of hydrogen-bond donors (Lipinski definition) is 3. The van der Waals surface area contributed by atoms with Gasteiger partial charge in [0.15, 0.2) is 0 Å². The maximum absolute atomic E-state index is 12.0. The summed E-state index contributed by atoms with van der Waals surface area (Å²) in [4.78, 5) is 25.2. The Balaban J connectivity index is 2.34. The van der Waals surface area contributed by atoms with E-state index >= 15 is 0 Å². The van der Waals surface area contributed by atoms with Crippen LogP contribution in [0.2, 0.25) is 0 Å². The number of hydrogen-bond acceptors (Lipinski definition) is 3. The third kappa shape index (κ3) is 6.80. The topological polar surface area (TPSA) is 81.7 Å². The van der Waals surface area contributed by atoms with Crippen molar-refractivity contribution < 1.29 is 14.7 Å². The van der Waals surface area contributed by atoms with Gasteiger partial charge in [-0.25, -0.2) is 4.79 Å². The molecule has 1 saturated heterocycles. The van der Waals surface area contributed by atoms with Crippen LogP contribution in [0.5, 0.6) is 0 Å². The van der Waals surface area contributed by atoms with Crippen molar-refractivity contribution >= 4 is 12.0 Å². The summed E-state index contributed by atoms with van der Waals surface area (Å²) < 4.78 is 0. The molecule has 3 N–H and O–H groups in total. The Labute approximate surface area is 127 Å². The van der Waals surface area contributed by atoms with Crippen LogP contribution in [0, 0.1) is 5.92 Å². The number of carboxylic acids is 1. The van der Waals surface area contributed by atoms with E-state index in [9.17, 15) is 9.59 Å². The van der Waals surface area contributed by atoms with Crippen molar-refractivity contribution in [2.45, 2.75) is 58.5 Å². The van der Waals surface area contributed by atoms with E-state index < -0.39 is 5.97 Å². The van der Waals surface area contributed by atoms with Gasteiger partial charge in [-0.2, -0.15) is 0 Å². The number of nitrogens with one attached hydrogen (secondary N) is 2. The Morgan fingerprint density at radius 1 is 1.29 bits per heavy atom. The summed E-state index contributed by atoms with van der Waals surface area (Å²) >= 11 is 0. The molecular formula is C15H29N3O3. The molecule has 0 aliphatic carbocycles. The van der Waals surface area contributed by atoms with Crippen LogP contribution in [0.1, 0.15) is 46.5 Å². The van der Waals surface area contributed by atoms with Crippen LogP contribution < -0.4 is 10.6 Å². The summed E-state index contributed by atoms with van der Waals surface area (Å²) in [7, 11) is 0. The summed E-state index contributed by atoms with van der Waals surface area (Å²) in [6.07, 6.45) is 3.03. The molecule has 6 heteroatoms. The molecule has 0 aromatic rings. The molecule has 0 aromatic carbocycles. The van der Waals surface area contributed by atoms with Crippen molar-refractivity contribution in [3.8, 4) is 0 Å². The number of carbonyl (C=O) groups excluding carboxylic acids is 1. The number of rotatable bonds is 7. The van der Waals surface area contributed by atoms with E-state index in [-0.39, 0.29) is 30.5 Å². The quantitative estimate of drug-likeness (QED) is 0.668. The van der Waals surface area contributed by atoms with Crippen LogP contribution in [-0.4, -0.2) is 53.7 Å². The molecule has 1 fully saturated rings. The minimum absolute atomic E-state index is 0.0416. The van der Waals surface area contributed by atoms with Gasteiger partial charge in [-0.05, 0) is 31.7 Å². The number of nitrogens with zero attached hydrogens (tertiary/aromatic N) is 1. The van der Waals surface area contributed by atoms with Crippen LogP contribution in [-0.2, 0) is 4.79 Å². The Bertz CT molecular complexity index is 339. The monoisotopic (exact) mass is 299 g/mol. The van der Waals surface area contributed by atoms with E-state index in [1.807, 2.05) is 13.8 Å². The van der Waals surface area contributed by atoms with Gasteiger partial charge in [0.05, 0.1) is 6.42 Å². The van der Waals surface area contributed by atoms with E-state index in [2.05, 4.69) is 22.5 Å². The zero-order chi connectivity index (χ0) is 15.8. The molecular weight excluding hydrogens is 270 g/mol. The Kier molecular flexibility index (Phi) is 7.50. The van der Waals surface area contributed by atoms with Crippen LogP contribution in [0.3, 0.4) is 0 Å². The van der Waals surface area contributed by atoms with Crippen molar-refractivity contribution in [1.29, 1.82) is 0 Å². The van der Waals surface area contributed by atoms with Gasteiger partial charge in [0.1, 0.15) is 0 Å². The first-order valence-electron chi connectivity index (χ1n) is 7.93. The van der Waals surface area contributed by atoms with Gasteiger partial charge in [-0.3, -0.25) is 4.79 Å². The van der Waals surface area contributed by atoms with E-state index in [4.69, 9.17) is 5.11 Å². The number of carboxylic acid groups (broad SMARTS) is 1. The summed E-state index contributed by atoms with van der Waals surface area (Å²) in [5, 5.41) is 14.6. The lowest BCUT2D eigenvalue weighted by Gasteiger charge is -2.32. The summed E-state index contributed by atoms with van der Waals surface area (Å²) in [5.74, 6) is -0.792. The van der Waals surface area contributed by atoms with Crippen LogP contribution in [0.15, 0.2) is 0 Å². The largest absolute Gasteiger partial charge is 0.481 e. The van der Waals surface area contributed by atoms with Crippen molar-refractivity contribution in [2.24, 2.45) is 5.92 Å². The highest BCUT2D eigenvalue weighted by Crippen LogP contribution is 2.11. The highest BCUT2D eigenvalue weighted by atomic mass is 16.4. The van der Waals surface area contributed by atoms with Crippen molar-refractivity contribution in [3.05, 3.63) is 0 Å². The molecule has 6 nitrogen and oxygen atoms in total. The third-order valence-corrected chi connectivity index (χ3v) is 3.98. The molecule has 1 atom stereocenters. The second-order valence-electron chi connectivity index (χ2n) is 6.18. The second-order valence-corrected chi connectivity index (χ2v) is 6.18. The van der Waals surface area contributed by atoms with Gasteiger partial charge < -0.3 is 20.6 Å². The SMILES string of the molecule is CCCN1CCC(NC(=O)NC(CC(=O)O)C(C)C)CC1. The minimum Gasteiger partial charge on any atom is -0.481 e. The number of urea groups is 1. The van der Waals surface area contributed by atoms with Crippen LogP contribution in [0.25, 0.3) is 0 Å². The fourth-order valence-corrected chi connectivity index (χ4v) is 2.65. The summed E-state index contributed by atoms with van der Waals surface area (Å²) in [6, 6.07) is -0.387. The van der Waals surface area contributed by atoms with E-state index in [1.165, 1.54) is 0 Å². The highest BCUT2D eigenvalue weighted by molar-refractivity contribution is 5.76. The molecule has 2 amide bonds. The Morgan fingerprint density at radius 2 is 1.90 bits per heavy atom. The smallest absolute Gasteiger partial charge is 0.315 e. The zero-order valence-corrected chi connectivity index (χ0v) is 13.4. The average Bonchev–Trinajstić information content (AvgIpc) is 2.40. The average molecular weight is 299 g/mol. The molecule has 1 unspecified atom stereocenters. The summed E-state index contributed by atoms with van der Waals surface area (Å²) in [5.41, 5.74) is 0. The number of aliphatic carboxylic acids is 1. The molecule has 0 aromatic heterocycles. The van der Waals surface area contributed by atoms with Gasteiger partial charge in [-0.15, -0.1) is 0 Å². The minimum atomic E-state index is -0.887. The predicted octanol–water partition coefficient (Wildman–Crippen LogP) is 1.66. The number of piperidine rings is 1. The lowest BCUT2D eigenvalue weighted by atomic mass is 10.0. The molecule has 1 rings (SSSR count).